The number of benzene rings is 3. The largest absolute Gasteiger partial charge is 0.481 e. The zero-order valence-electron chi connectivity index (χ0n) is 25.4. The van der Waals surface area contributed by atoms with Crippen molar-refractivity contribution in [3.05, 3.63) is 108 Å². The SMILES string of the molecule is CC(N)Cc1ccccc1.C[C@H](N)Cc1ccccc1.C[C@H](N)Cc1ccccc1.NC(CC(=O)O)C(=O)O.O=S(=O)(O)O. The molecule has 0 aromatic heterocycles. The van der Waals surface area contributed by atoms with Crippen molar-refractivity contribution in [1.29, 1.82) is 0 Å². The Morgan fingerprint density at radius 1 is 0.591 bits per heavy atom. The van der Waals surface area contributed by atoms with Crippen molar-refractivity contribution in [2.75, 3.05) is 0 Å². The number of carboxylic acid groups (broad SMARTS) is 2. The first-order valence-electron chi connectivity index (χ1n) is 13.7. The van der Waals surface area contributed by atoms with Gasteiger partial charge in [0.25, 0.3) is 0 Å². The highest BCUT2D eigenvalue weighted by molar-refractivity contribution is 7.79. The molecule has 0 bridgehead atoms. The minimum absolute atomic E-state index is 0.266. The maximum Gasteiger partial charge on any atom is 0.394 e. The van der Waals surface area contributed by atoms with E-state index in [1.165, 1.54) is 16.7 Å². The van der Waals surface area contributed by atoms with Crippen molar-refractivity contribution >= 4 is 22.3 Å². The molecule has 3 aromatic rings. The van der Waals surface area contributed by atoms with Gasteiger partial charge in [0.15, 0.2) is 0 Å². The van der Waals surface area contributed by atoms with Gasteiger partial charge in [0.05, 0.1) is 6.42 Å². The van der Waals surface area contributed by atoms with Crippen LogP contribution in [0.2, 0.25) is 0 Å². The first kappa shape index (κ1) is 42.4. The predicted octanol–water partition coefficient (Wildman–Crippen LogP) is 2.95. The van der Waals surface area contributed by atoms with Crippen LogP contribution in [0, 0.1) is 0 Å². The zero-order valence-corrected chi connectivity index (χ0v) is 26.3. The summed E-state index contributed by atoms with van der Waals surface area (Å²) in [5.74, 6) is -2.50. The summed E-state index contributed by atoms with van der Waals surface area (Å²) >= 11 is 0. The van der Waals surface area contributed by atoms with Gasteiger partial charge in [-0.15, -0.1) is 0 Å². The van der Waals surface area contributed by atoms with Crippen molar-refractivity contribution in [3.8, 4) is 0 Å². The molecule has 0 amide bonds. The van der Waals surface area contributed by atoms with E-state index in [2.05, 4.69) is 36.4 Å². The molecule has 0 heterocycles. The van der Waals surface area contributed by atoms with Crippen LogP contribution in [0.4, 0.5) is 0 Å². The molecule has 0 aliphatic carbocycles. The fraction of sp³-hybridized carbons (Fsp3) is 0.355. The van der Waals surface area contributed by atoms with Crippen molar-refractivity contribution in [2.45, 2.75) is 70.6 Å². The van der Waals surface area contributed by atoms with Crippen LogP contribution in [-0.2, 0) is 39.3 Å². The Morgan fingerprint density at radius 3 is 0.955 bits per heavy atom. The van der Waals surface area contributed by atoms with Gasteiger partial charge < -0.3 is 33.1 Å². The molecule has 12 N–H and O–H groups in total. The molecule has 2 unspecified atom stereocenters. The fourth-order valence-corrected chi connectivity index (χ4v) is 3.23. The van der Waals surface area contributed by atoms with E-state index in [0.29, 0.717) is 0 Å². The van der Waals surface area contributed by atoms with Crippen molar-refractivity contribution in [1.82, 2.24) is 0 Å². The van der Waals surface area contributed by atoms with Crippen LogP contribution >= 0.6 is 0 Å². The van der Waals surface area contributed by atoms with E-state index in [0.717, 1.165) is 19.3 Å². The maximum absolute atomic E-state index is 9.85. The number of carbonyl (C=O) groups is 2. The van der Waals surface area contributed by atoms with E-state index in [9.17, 15) is 9.59 Å². The highest BCUT2D eigenvalue weighted by atomic mass is 32.3. The predicted molar refractivity (Wildman–Crippen MR) is 173 cm³/mol. The van der Waals surface area contributed by atoms with Crippen molar-refractivity contribution in [3.63, 3.8) is 0 Å². The number of hydrogen-bond donors (Lipinski definition) is 8. The van der Waals surface area contributed by atoms with E-state index in [4.69, 9.17) is 50.7 Å². The number of nitrogens with two attached hydrogens (primary N) is 4. The van der Waals surface area contributed by atoms with Crippen LogP contribution in [0.1, 0.15) is 43.9 Å². The lowest BCUT2D eigenvalue weighted by Crippen LogP contribution is -2.32. The normalized spacial score (nSPS) is 12.8. The Kier molecular flexibility index (Phi) is 23.8. The monoisotopic (exact) mass is 636 g/mol. The number of carboxylic acids is 2. The second kappa shape index (κ2) is 24.7. The quantitative estimate of drug-likeness (QED) is 0.158. The molecule has 44 heavy (non-hydrogen) atoms. The summed E-state index contributed by atoms with van der Waals surface area (Å²) in [6.07, 6.45) is 2.39. The molecule has 13 heteroatoms. The van der Waals surface area contributed by atoms with Gasteiger partial charge in [-0.1, -0.05) is 91.0 Å². The fourth-order valence-electron chi connectivity index (χ4n) is 3.23. The summed E-state index contributed by atoms with van der Waals surface area (Å²) in [7, 11) is -4.67. The molecule has 0 spiro atoms. The van der Waals surface area contributed by atoms with E-state index in [1.807, 2.05) is 75.4 Å². The highest BCUT2D eigenvalue weighted by Gasteiger charge is 2.14. The molecule has 246 valence electrons. The molecule has 3 aromatic carbocycles. The molecule has 12 nitrogen and oxygen atoms in total. The van der Waals surface area contributed by atoms with Gasteiger partial charge in [-0.05, 0) is 56.7 Å². The Balaban J connectivity index is 0. The van der Waals surface area contributed by atoms with Gasteiger partial charge in [-0.3, -0.25) is 18.7 Å². The van der Waals surface area contributed by atoms with Crippen LogP contribution in [0.25, 0.3) is 0 Å². The van der Waals surface area contributed by atoms with Gasteiger partial charge in [0.1, 0.15) is 6.04 Å². The third-order valence-electron chi connectivity index (χ3n) is 4.91. The maximum atomic E-state index is 9.85. The van der Waals surface area contributed by atoms with Crippen LogP contribution in [-0.4, -0.2) is 63.8 Å². The third-order valence-corrected chi connectivity index (χ3v) is 4.91. The van der Waals surface area contributed by atoms with Crippen LogP contribution in [0.15, 0.2) is 91.0 Å². The lowest BCUT2D eigenvalue weighted by Gasteiger charge is -2.02. The summed E-state index contributed by atoms with van der Waals surface area (Å²) in [5, 5.41) is 16.0. The van der Waals surface area contributed by atoms with Crippen molar-refractivity contribution < 1.29 is 37.3 Å². The van der Waals surface area contributed by atoms with Crippen LogP contribution in [0.3, 0.4) is 0 Å². The van der Waals surface area contributed by atoms with E-state index in [-0.39, 0.29) is 18.1 Å². The smallest absolute Gasteiger partial charge is 0.394 e. The average Bonchev–Trinajstić information content (AvgIpc) is 2.89. The Hall–Kier alpha value is -3.69. The van der Waals surface area contributed by atoms with E-state index >= 15 is 0 Å². The number of rotatable bonds is 9. The standard InChI is InChI=1S/3C9H13N.C4H7NO4.H2O4S/c3*1-8(10)7-9-5-3-2-4-6-9;5-2(4(8)9)1-3(6)7;1-5(2,3)4/h3*2-6,8H,7,10H2,1H3;2H,1,5H2,(H,6,7)(H,8,9);(H2,1,2,3,4)/t2*8-;;;/m00.../s1. The van der Waals surface area contributed by atoms with Gasteiger partial charge in [0, 0.05) is 18.1 Å². The molecule has 0 saturated carbocycles. The summed E-state index contributed by atoms with van der Waals surface area (Å²) in [5.41, 5.74) is 25.7. The van der Waals surface area contributed by atoms with Gasteiger partial charge in [-0.25, -0.2) is 0 Å². The lowest BCUT2D eigenvalue weighted by atomic mass is 10.1. The number of hydrogen-bond acceptors (Lipinski definition) is 8. The summed E-state index contributed by atoms with van der Waals surface area (Å²) < 4.78 is 31.6. The van der Waals surface area contributed by atoms with Gasteiger partial charge in [-0.2, -0.15) is 8.42 Å². The minimum Gasteiger partial charge on any atom is -0.481 e. The molecule has 0 radical (unpaired) electrons. The van der Waals surface area contributed by atoms with E-state index < -0.39 is 34.8 Å². The zero-order chi connectivity index (χ0) is 34.1. The van der Waals surface area contributed by atoms with Gasteiger partial charge in [0.2, 0.25) is 0 Å². The first-order valence-corrected chi connectivity index (χ1v) is 15.1. The molecule has 0 saturated heterocycles. The second-order valence-electron chi connectivity index (χ2n) is 9.99. The summed E-state index contributed by atoms with van der Waals surface area (Å²) in [4.78, 5) is 19.6. The highest BCUT2D eigenvalue weighted by Crippen LogP contribution is 2.02. The molecule has 0 aliphatic rings. The molecule has 0 fully saturated rings. The molecule has 4 atom stereocenters. The van der Waals surface area contributed by atoms with Crippen molar-refractivity contribution in [2.24, 2.45) is 22.9 Å². The number of aliphatic carboxylic acids is 2. The molecule has 0 aliphatic heterocycles. The lowest BCUT2D eigenvalue weighted by molar-refractivity contribution is -0.144. The molecular weight excluding hydrogens is 588 g/mol. The second-order valence-corrected chi connectivity index (χ2v) is 10.9. The Bertz CT molecular complexity index is 1130. The molecular formula is C31H48N4O8S. The van der Waals surface area contributed by atoms with Crippen LogP contribution in [0.5, 0.6) is 0 Å². The minimum atomic E-state index is -4.67. The first-order chi connectivity index (χ1) is 20.4. The van der Waals surface area contributed by atoms with E-state index in [1.54, 1.807) is 0 Å². The van der Waals surface area contributed by atoms with Gasteiger partial charge >= 0.3 is 22.3 Å². The summed E-state index contributed by atoms with van der Waals surface area (Å²) in [6.45, 7) is 6.06. The van der Waals surface area contributed by atoms with Crippen LogP contribution < -0.4 is 22.9 Å². The third kappa shape index (κ3) is 32.8. The molecule has 3 rings (SSSR count). The Labute approximate surface area is 260 Å². The Morgan fingerprint density at radius 2 is 0.818 bits per heavy atom. The topological polar surface area (TPSA) is 253 Å². The summed E-state index contributed by atoms with van der Waals surface area (Å²) in [6, 6.07) is 30.4. The average molecular weight is 637 g/mol.